The third-order valence-electron chi connectivity index (χ3n) is 6.55. The third-order valence-corrected chi connectivity index (χ3v) is 6.55. The summed E-state index contributed by atoms with van der Waals surface area (Å²) in [6.45, 7) is 4.61. The van der Waals surface area contributed by atoms with Crippen LogP contribution in [-0.4, -0.2) is 0 Å². The van der Waals surface area contributed by atoms with Crippen LogP contribution in [0.25, 0.3) is 39.2 Å². The summed E-state index contributed by atoms with van der Waals surface area (Å²) >= 11 is 0. The van der Waals surface area contributed by atoms with Crippen LogP contribution in [-0.2, 0) is 5.54 Å². The molecule has 5 rings (SSSR count). The lowest BCUT2D eigenvalue weighted by Gasteiger charge is -2.25. The van der Waals surface area contributed by atoms with E-state index >= 15 is 0 Å². The average Bonchev–Trinajstić information content (AvgIpc) is 2.94. The number of rotatable bonds is 3. The molecule has 1 nitrogen and oxygen atoms in total. The van der Waals surface area contributed by atoms with Gasteiger partial charge in [0.1, 0.15) is 0 Å². The van der Waals surface area contributed by atoms with Crippen molar-refractivity contribution in [3.8, 4) is 22.4 Å². The maximum absolute atomic E-state index is 2.56. The molecule has 0 fully saturated rings. The molecule has 0 saturated carbocycles. The molecule has 0 radical (unpaired) electrons. The molecule has 0 saturated heterocycles. The molecule has 1 aliphatic rings. The van der Waals surface area contributed by atoms with E-state index in [4.69, 9.17) is 0 Å². The van der Waals surface area contributed by atoms with Crippen LogP contribution in [0, 0.1) is 0 Å². The van der Waals surface area contributed by atoms with E-state index in [9.17, 15) is 0 Å². The van der Waals surface area contributed by atoms with Crippen LogP contribution in [0.4, 0.5) is 0 Å². The number of hydrogen-bond donors (Lipinski definition) is 0. The van der Waals surface area contributed by atoms with Crippen LogP contribution >= 0.6 is 0 Å². The number of aromatic nitrogens is 1. The summed E-state index contributed by atoms with van der Waals surface area (Å²) in [6.07, 6.45) is 9.25. The van der Waals surface area contributed by atoms with Crippen molar-refractivity contribution in [2.45, 2.75) is 32.2 Å². The van der Waals surface area contributed by atoms with Gasteiger partial charge in [0.25, 0.3) is 0 Å². The van der Waals surface area contributed by atoms with E-state index in [-0.39, 0.29) is 5.54 Å². The highest BCUT2D eigenvalue weighted by Crippen LogP contribution is 2.39. The van der Waals surface area contributed by atoms with Gasteiger partial charge in [0.2, 0.25) is 5.69 Å². The monoisotopic (exact) mass is 376 g/mol. The molecule has 0 N–H and O–H groups in total. The molecule has 0 atom stereocenters. The Morgan fingerprint density at radius 1 is 0.690 bits per heavy atom. The predicted octanol–water partition coefficient (Wildman–Crippen LogP) is 7.00. The lowest BCUT2D eigenvalue weighted by atomic mass is 9.89. The minimum atomic E-state index is -0.0398. The van der Waals surface area contributed by atoms with E-state index in [1.54, 1.807) is 0 Å². The minimum Gasteiger partial charge on any atom is -0.188 e. The summed E-state index contributed by atoms with van der Waals surface area (Å²) in [6, 6.07) is 28.4. The van der Waals surface area contributed by atoms with Crippen LogP contribution in [0.1, 0.15) is 32.3 Å². The van der Waals surface area contributed by atoms with Crippen molar-refractivity contribution < 1.29 is 4.57 Å². The number of nitrogens with zero attached hydrogens (tertiary/aromatic N) is 1. The van der Waals surface area contributed by atoms with E-state index < -0.39 is 0 Å². The molecular formula is C28H26N+. The fourth-order valence-electron chi connectivity index (χ4n) is 4.80. The molecule has 0 unspecified atom stereocenters. The van der Waals surface area contributed by atoms with Crippen molar-refractivity contribution in [2.24, 2.45) is 0 Å². The first kappa shape index (κ1) is 17.9. The van der Waals surface area contributed by atoms with Crippen molar-refractivity contribution in [3.63, 3.8) is 0 Å². The first-order chi connectivity index (χ1) is 14.3. The molecule has 1 heteroatoms. The second-order valence-electron chi connectivity index (χ2n) is 7.90. The Labute approximate surface area is 173 Å². The van der Waals surface area contributed by atoms with Gasteiger partial charge >= 0.3 is 0 Å². The highest BCUT2D eigenvalue weighted by atomic mass is 15.1. The van der Waals surface area contributed by atoms with Gasteiger partial charge in [-0.1, -0.05) is 86.7 Å². The lowest BCUT2D eigenvalue weighted by molar-refractivity contribution is -0.742. The van der Waals surface area contributed by atoms with Crippen molar-refractivity contribution in [2.75, 3.05) is 0 Å². The fourth-order valence-corrected chi connectivity index (χ4v) is 4.80. The van der Waals surface area contributed by atoms with Gasteiger partial charge in [-0.25, -0.2) is 0 Å². The second-order valence-corrected chi connectivity index (χ2v) is 7.90. The average molecular weight is 377 g/mol. The van der Waals surface area contributed by atoms with E-state index in [0.29, 0.717) is 0 Å². The lowest BCUT2D eigenvalue weighted by Crippen LogP contribution is -2.55. The number of fused-ring (bicyclic) bond motifs is 5. The van der Waals surface area contributed by atoms with Crippen molar-refractivity contribution >= 4 is 16.8 Å². The topological polar surface area (TPSA) is 3.88 Å². The van der Waals surface area contributed by atoms with Gasteiger partial charge in [0.15, 0.2) is 11.7 Å². The first-order valence-corrected chi connectivity index (χ1v) is 10.6. The smallest absolute Gasteiger partial charge is 0.188 e. The van der Waals surface area contributed by atoms with Crippen molar-refractivity contribution in [1.29, 1.82) is 0 Å². The second kappa shape index (κ2) is 7.00. The first-order valence-electron chi connectivity index (χ1n) is 10.6. The minimum absolute atomic E-state index is 0.0398. The predicted molar refractivity (Wildman–Crippen MR) is 123 cm³/mol. The SMILES string of the molecule is CCC1(CC)C=Cc2ccccc2-c2c3ccccc3c(-c3ccccc3)c[n+]21. The van der Waals surface area contributed by atoms with Crippen molar-refractivity contribution in [3.05, 3.63) is 96.7 Å². The molecule has 0 bridgehead atoms. The maximum atomic E-state index is 2.56. The number of pyridine rings is 1. The third kappa shape index (κ3) is 2.73. The molecular weight excluding hydrogens is 350 g/mol. The summed E-state index contributed by atoms with van der Waals surface area (Å²) in [4.78, 5) is 0. The van der Waals surface area contributed by atoms with Crippen LogP contribution in [0.2, 0.25) is 0 Å². The quantitative estimate of drug-likeness (QED) is 0.339. The van der Waals surface area contributed by atoms with E-state index in [1.165, 1.54) is 38.7 Å². The fraction of sp³-hybridized carbons (Fsp3) is 0.179. The van der Waals surface area contributed by atoms with Crippen LogP contribution in [0.3, 0.4) is 0 Å². The van der Waals surface area contributed by atoms with Crippen molar-refractivity contribution in [1.82, 2.24) is 0 Å². The molecule has 0 aliphatic carbocycles. The Morgan fingerprint density at radius 3 is 2.10 bits per heavy atom. The number of allylic oxidation sites excluding steroid dienone is 1. The van der Waals surface area contributed by atoms with E-state index in [2.05, 4.69) is 116 Å². The molecule has 1 aliphatic heterocycles. The van der Waals surface area contributed by atoms with Gasteiger partial charge in [-0.05, 0) is 29.3 Å². The largest absolute Gasteiger partial charge is 0.221 e. The Morgan fingerprint density at radius 2 is 1.34 bits per heavy atom. The van der Waals surface area contributed by atoms with Gasteiger partial charge in [-0.2, -0.15) is 4.57 Å². The standard InChI is InChI=1S/C28H26N/c1-3-28(4-2)19-18-22-14-8-9-15-23(22)27-25-17-11-10-16-24(25)26(20-29(27)28)21-12-6-5-7-13-21/h5-20H,3-4H2,1-2H3/q+1. The zero-order valence-corrected chi connectivity index (χ0v) is 17.1. The number of hydrogen-bond acceptors (Lipinski definition) is 0. The molecule has 3 aromatic carbocycles. The number of benzene rings is 3. The Hall–Kier alpha value is -3.19. The molecule has 0 spiro atoms. The molecule has 0 amide bonds. The van der Waals surface area contributed by atoms with Gasteiger partial charge in [0.05, 0.1) is 16.5 Å². The Balaban J connectivity index is 1.98. The van der Waals surface area contributed by atoms with Gasteiger partial charge in [0, 0.05) is 18.2 Å². The summed E-state index contributed by atoms with van der Waals surface area (Å²) in [7, 11) is 0. The van der Waals surface area contributed by atoms with E-state index in [0.717, 1.165) is 12.8 Å². The molecule has 4 aromatic rings. The highest BCUT2D eigenvalue weighted by Gasteiger charge is 2.40. The van der Waals surface area contributed by atoms with Crippen LogP contribution in [0.5, 0.6) is 0 Å². The summed E-state index contributed by atoms with van der Waals surface area (Å²) in [5.74, 6) is 0. The summed E-state index contributed by atoms with van der Waals surface area (Å²) in [5, 5.41) is 2.62. The molecule has 2 heterocycles. The van der Waals surface area contributed by atoms with Gasteiger partial charge < -0.3 is 0 Å². The van der Waals surface area contributed by atoms with Gasteiger partial charge in [-0.3, -0.25) is 0 Å². The maximum Gasteiger partial charge on any atom is 0.221 e. The van der Waals surface area contributed by atoms with E-state index in [1.807, 2.05) is 0 Å². The summed E-state index contributed by atoms with van der Waals surface area (Å²) in [5.41, 5.74) is 6.45. The Bertz CT molecular complexity index is 1210. The van der Waals surface area contributed by atoms with Gasteiger partial charge in [-0.15, -0.1) is 0 Å². The van der Waals surface area contributed by atoms with Crippen LogP contribution < -0.4 is 4.57 Å². The zero-order valence-electron chi connectivity index (χ0n) is 17.1. The Kier molecular flexibility index (Phi) is 4.32. The zero-order chi connectivity index (χ0) is 19.8. The molecule has 142 valence electrons. The van der Waals surface area contributed by atoms with Crippen LogP contribution in [0.15, 0.2) is 91.1 Å². The molecule has 29 heavy (non-hydrogen) atoms. The summed E-state index contributed by atoms with van der Waals surface area (Å²) < 4.78 is 2.56. The normalized spacial score (nSPS) is 14.3. The highest BCUT2D eigenvalue weighted by molar-refractivity contribution is 6.02. The molecule has 1 aromatic heterocycles.